The van der Waals surface area contributed by atoms with Crippen molar-refractivity contribution in [2.75, 3.05) is 7.11 Å². The Morgan fingerprint density at radius 1 is 0.966 bits per heavy atom. The normalized spacial score (nSPS) is 12.2. The quantitative estimate of drug-likeness (QED) is 0.487. The molecule has 5 nitrogen and oxygen atoms in total. The van der Waals surface area contributed by atoms with Crippen molar-refractivity contribution in [3.8, 4) is 16.9 Å². The van der Waals surface area contributed by atoms with Crippen LogP contribution in [0.5, 0.6) is 5.75 Å². The minimum atomic E-state index is 0.280. The maximum absolute atomic E-state index is 5.63. The summed E-state index contributed by atoms with van der Waals surface area (Å²) in [6, 6.07) is 23.3. The third kappa shape index (κ3) is 4.15. The van der Waals surface area contributed by atoms with Crippen LogP contribution in [-0.2, 0) is 13.1 Å². The van der Waals surface area contributed by atoms with Crippen molar-refractivity contribution < 1.29 is 4.74 Å². The van der Waals surface area contributed by atoms with Gasteiger partial charge >= 0.3 is 0 Å². The van der Waals surface area contributed by atoms with Gasteiger partial charge in [0.25, 0.3) is 0 Å². The van der Waals surface area contributed by atoms with Crippen molar-refractivity contribution in [2.24, 2.45) is 0 Å². The molecule has 148 valence electrons. The van der Waals surface area contributed by atoms with E-state index in [2.05, 4.69) is 71.0 Å². The molecule has 1 heterocycles. The molecule has 29 heavy (non-hydrogen) atoms. The van der Waals surface area contributed by atoms with Crippen LogP contribution in [0.4, 0.5) is 0 Å². The third-order valence-electron chi connectivity index (χ3n) is 5.19. The second kappa shape index (κ2) is 8.45. The lowest BCUT2D eigenvalue weighted by atomic mass is 10.0. The fourth-order valence-electron chi connectivity index (χ4n) is 3.49. The lowest BCUT2D eigenvalue weighted by molar-refractivity contribution is 0.416. The van der Waals surface area contributed by atoms with Gasteiger partial charge in [-0.15, -0.1) is 0 Å². The van der Waals surface area contributed by atoms with Crippen molar-refractivity contribution in [3.63, 3.8) is 0 Å². The molecular formula is C24H26N4O. The molecule has 1 N–H and O–H groups in total. The smallest absolute Gasteiger partial charge is 0.126 e. The zero-order chi connectivity index (χ0) is 20.2. The van der Waals surface area contributed by atoms with Gasteiger partial charge in [-0.05, 0) is 54.8 Å². The van der Waals surface area contributed by atoms with Crippen molar-refractivity contribution in [1.82, 2.24) is 20.3 Å². The molecule has 5 heteroatoms. The molecule has 0 saturated heterocycles. The number of rotatable bonds is 7. The van der Waals surface area contributed by atoms with E-state index in [9.17, 15) is 0 Å². The fourth-order valence-corrected chi connectivity index (χ4v) is 3.49. The number of hydrogen-bond acceptors (Lipinski definition) is 4. The van der Waals surface area contributed by atoms with Crippen LogP contribution in [0, 0.1) is 0 Å². The van der Waals surface area contributed by atoms with E-state index in [1.807, 2.05) is 25.1 Å². The summed E-state index contributed by atoms with van der Waals surface area (Å²) in [5, 5.41) is 12.6. The lowest BCUT2D eigenvalue weighted by Crippen LogP contribution is -2.18. The molecule has 3 aromatic carbocycles. The van der Waals surface area contributed by atoms with Crippen molar-refractivity contribution in [3.05, 3.63) is 77.9 Å². The zero-order valence-corrected chi connectivity index (χ0v) is 17.1. The highest BCUT2D eigenvalue weighted by molar-refractivity contribution is 5.83. The molecule has 0 radical (unpaired) electrons. The van der Waals surface area contributed by atoms with Crippen LogP contribution in [0.2, 0.25) is 0 Å². The number of methoxy groups -OCH3 is 1. The van der Waals surface area contributed by atoms with Gasteiger partial charge in [-0.1, -0.05) is 42.5 Å². The summed E-state index contributed by atoms with van der Waals surface area (Å²) in [5.74, 6) is 0.854. The summed E-state index contributed by atoms with van der Waals surface area (Å²) in [7, 11) is 1.71. The first-order chi connectivity index (χ1) is 14.2. The molecule has 4 aromatic rings. The maximum Gasteiger partial charge on any atom is 0.126 e. The van der Waals surface area contributed by atoms with Gasteiger partial charge in [0.05, 0.1) is 13.7 Å². The molecule has 0 unspecified atom stereocenters. The van der Waals surface area contributed by atoms with Gasteiger partial charge in [-0.3, -0.25) is 0 Å². The molecule has 1 atom stereocenters. The fraction of sp³-hybridized carbons (Fsp3) is 0.250. The lowest BCUT2D eigenvalue weighted by Gasteiger charge is -2.16. The number of benzene rings is 3. The Kier molecular flexibility index (Phi) is 5.58. The number of aryl methyl sites for hydroxylation is 1. The highest BCUT2D eigenvalue weighted by Crippen LogP contribution is 2.32. The van der Waals surface area contributed by atoms with E-state index >= 15 is 0 Å². The van der Waals surface area contributed by atoms with Crippen LogP contribution < -0.4 is 10.1 Å². The molecule has 0 spiro atoms. The molecule has 0 aliphatic rings. The topological polar surface area (TPSA) is 52.0 Å². The number of aromatic nitrogens is 3. The Morgan fingerprint density at radius 2 is 1.76 bits per heavy atom. The van der Waals surface area contributed by atoms with Gasteiger partial charge in [0, 0.05) is 18.2 Å². The number of ether oxygens (including phenoxy) is 1. The highest BCUT2D eigenvalue weighted by atomic mass is 16.5. The van der Waals surface area contributed by atoms with E-state index in [1.54, 1.807) is 11.9 Å². The van der Waals surface area contributed by atoms with Gasteiger partial charge in [0.2, 0.25) is 0 Å². The molecule has 0 aliphatic heterocycles. The first-order valence-electron chi connectivity index (χ1n) is 9.98. The minimum Gasteiger partial charge on any atom is -0.496 e. The molecule has 0 saturated carbocycles. The minimum absolute atomic E-state index is 0.280. The van der Waals surface area contributed by atoms with Gasteiger partial charge in [0.15, 0.2) is 0 Å². The van der Waals surface area contributed by atoms with Crippen LogP contribution in [-0.4, -0.2) is 22.1 Å². The molecular weight excluding hydrogens is 360 g/mol. The van der Waals surface area contributed by atoms with Crippen molar-refractivity contribution in [2.45, 2.75) is 33.0 Å². The molecule has 1 aromatic heterocycles. The SMILES string of the molecule is CCn1nc2ccc(-c3cc(CN[C@H](C)c4ccccc4)ccc3OC)cc2n1. The Morgan fingerprint density at radius 3 is 2.52 bits per heavy atom. The Balaban J connectivity index is 1.60. The molecule has 0 amide bonds. The average molecular weight is 386 g/mol. The Hall–Kier alpha value is -3.18. The molecule has 0 aliphatic carbocycles. The number of nitrogens with one attached hydrogen (secondary N) is 1. The Bertz CT molecular complexity index is 1100. The predicted octanol–water partition coefficient (Wildman–Crippen LogP) is 4.98. The number of hydrogen-bond donors (Lipinski definition) is 1. The van der Waals surface area contributed by atoms with E-state index < -0.39 is 0 Å². The van der Waals surface area contributed by atoms with Gasteiger partial charge < -0.3 is 10.1 Å². The van der Waals surface area contributed by atoms with Gasteiger partial charge in [0.1, 0.15) is 16.8 Å². The Labute approximate surface area is 171 Å². The van der Waals surface area contributed by atoms with Crippen LogP contribution >= 0.6 is 0 Å². The van der Waals surface area contributed by atoms with Gasteiger partial charge in [-0.25, -0.2) is 0 Å². The largest absolute Gasteiger partial charge is 0.496 e. The first-order valence-corrected chi connectivity index (χ1v) is 9.98. The zero-order valence-electron chi connectivity index (χ0n) is 17.1. The van der Waals surface area contributed by atoms with Crippen molar-refractivity contribution >= 4 is 11.0 Å². The van der Waals surface area contributed by atoms with Crippen LogP contribution in [0.15, 0.2) is 66.7 Å². The van der Waals surface area contributed by atoms with Crippen LogP contribution in [0.25, 0.3) is 22.2 Å². The van der Waals surface area contributed by atoms with E-state index in [0.29, 0.717) is 0 Å². The molecule has 0 fully saturated rings. The maximum atomic E-state index is 5.63. The first kappa shape index (κ1) is 19.2. The third-order valence-corrected chi connectivity index (χ3v) is 5.19. The summed E-state index contributed by atoms with van der Waals surface area (Å²) in [4.78, 5) is 1.72. The predicted molar refractivity (Wildman–Crippen MR) is 117 cm³/mol. The highest BCUT2D eigenvalue weighted by Gasteiger charge is 2.11. The van der Waals surface area contributed by atoms with E-state index in [1.165, 1.54) is 11.1 Å². The van der Waals surface area contributed by atoms with Crippen LogP contribution in [0.1, 0.15) is 31.0 Å². The molecule has 0 bridgehead atoms. The second-order valence-corrected chi connectivity index (χ2v) is 7.14. The van der Waals surface area contributed by atoms with Crippen molar-refractivity contribution in [1.29, 1.82) is 0 Å². The number of nitrogens with zero attached hydrogens (tertiary/aromatic N) is 3. The summed E-state index contributed by atoms with van der Waals surface area (Å²) in [5.41, 5.74) is 6.44. The monoisotopic (exact) mass is 386 g/mol. The summed E-state index contributed by atoms with van der Waals surface area (Å²) >= 11 is 0. The van der Waals surface area contributed by atoms with E-state index in [-0.39, 0.29) is 6.04 Å². The second-order valence-electron chi connectivity index (χ2n) is 7.14. The van der Waals surface area contributed by atoms with Gasteiger partial charge in [-0.2, -0.15) is 15.0 Å². The van der Waals surface area contributed by atoms with Crippen LogP contribution in [0.3, 0.4) is 0 Å². The van der Waals surface area contributed by atoms with E-state index in [0.717, 1.165) is 41.0 Å². The molecule has 4 rings (SSSR count). The summed E-state index contributed by atoms with van der Waals surface area (Å²) in [6.07, 6.45) is 0. The average Bonchev–Trinajstić information content (AvgIpc) is 3.20. The summed E-state index contributed by atoms with van der Waals surface area (Å²) in [6.45, 7) is 5.76. The standard InChI is InChI=1S/C24H26N4O/c1-4-28-26-22-12-11-20(15-23(22)27-28)21-14-18(10-13-24(21)29-3)16-25-17(2)19-8-6-5-7-9-19/h5-15,17,25H,4,16H2,1-3H3/t17-/m1/s1. The summed E-state index contributed by atoms with van der Waals surface area (Å²) < 4.78 is 5.63. The van der Waals surface area contributed by atoms with E-state index in [4.69, 9.17) is 4.74 Å². The number of fused-ring (bicyclic) bond motifs is 1.